The van der Waals surface area contributed by atoms with Gasteiger partial charge >= 0.3 is 0 Å². The maximum Gasteiger partial charge on any atom is 0.175 e. The molecule has 0 aliphatic rings. The van der Waals surface area contributed by atoms with Gasteiger partial charge in [-0.2, -0.15) is 0 Å². The fraction of sp³-hybridized carbons (Fsp3) is 0.381. The molecule has 0 amide bonds. The SMILES string of the molecule is CCOC(OCC)C(I)(CC(=O)c1ccccc1)C(O)c1ccccc1. The molecular formula is C21H25IO4. The smallest absolute Gasteiger partial charge is 0.175 e. The van der Waals surface area contributed by atoms with Crippen LogP contribution in [0.4, 0.5) is 0 Å². The normalized spacial score (nSPS) is 14.8. The molecule has 5 heteroatoms. The highest BCUT2D eigenvalue weighted by Crippen LogP contribution is 2.43. The van der Waals surface area contributed by atoms with Crippen LogP contribution in [0.15, 0.2) is 60.7 Å². The monoisotopic (exact) mass is 468 g/mol. The molecule has 2 atom stereocenters. The molecule has 2 aromatic rings. The van der Waals surface area contributed by atoms with Gasteiger partial charge in [0.25, 0.3) is 0 Å². The lowest BCUT2D eigenvalue weighted by molar-refractivity contribution is -0.169. The molecule has 1 N–H and O–H groups in total. The minimum Gasteiger partial charge on any atom is -0.387 e. The summed E-state index contributed by atoms with van der Waals surface area (Å²) >= 11 is 2.13. The lowest BCUT2D eigenvalue weighted by Gasteiger charge is -2.38. The molecule has 0 radical (unpaired) electrons. The first kappa shape index (κ1) is 21.0. The van der Waals surface area contributed by atoms with Crippen LogP contribution in [-0.4, -0.2) is 33.8 Å². The Kier molecular flexibility index (Phi) is 8.21. The summed E-state index contributed by atoms with van der Waals surface area (Å²) in [7, 11) is 0. The van der Waals surface area contributed by atoms with Gasteiger partial charge in [-0.15, -0.1) is 0 Å². The average molecular weight is 468 g/mol. The fourth-order valence-electron chi connectivity index (χ4n) is 2.82. The quantitative estimate of drug-likeness (QED) is 0.240. The van der Waals surface area contributed by atoms with E-state index in [1.807, 2.05) is 62.4 Å². The van der Waals surface area contributed by atoms with Crippen molar-refractivity contribution in [3.63, 3.8) is 0 Å². The summed E-state index contributed by atoms with van der Waals surface area (Å²) in [6.07, 6.45) is -1.53. The van der Waals surface area contributed by atoms with Gasteiger partial charge in [0.2, 0.25) is 0 Å². The van der Waals surface area contributed by atoms with Crippen molar-refractivity contribution in [2.45, 2.75) is 36.1 Å². The zero-order valence-electron chi connectivity index (χ0n) is 15.1. The van der Waals surface area contributed by atoms with Gasteiger partial charge in [0.15, 0.2) is 12.1 Å². The van der Waals surface area contributed by atoms with E-state index in [1.54, 1.807) is 12.1 Å². The number of aliphatic hydroxyl groups excluding tert-OH is 1. The second-order valence-corrected chi connectivity index (χ2v) is 7.96. The van der Waals surface area contributed by atoms with Crippen molar-refractivity contribution in [2.24, 2.45) is 0 Å². The molecule has 0 fully saturated rings. The molecule has 0 heterocycles. The Morgan fingerprint density at radius 3 is 2.00 bits per heavy atom. The van der Waals surface area contributed by atoms with Crippen molar-refractivity contribution in [3.05, 3.63) is 71.8 Å². The summed E-state index contributed by atoms with van der Waals surface area (Å²) in [6.45, 7) is 4.60. The van der Waals surface area contributed by atoms with Crippen LogP contribution in [0.5, 0.6) is 0 Å². The largest absolute Gasteiger partial charge is 0.387 e. The lowest BCUT2D eigenvalue weighted by atomic mass is 9.88. The minimum atomic E-state index is -0.960. The molecule has 26 heavy (non-hydrogen) atoms. The average Bonchev–Trinajstić information content (AvgIpc) is 2.68. The first-order chi connectivity index (χ1) is 12.5. The number of alkyl halides is 1. The van der Waals surface area contributed by atoms with Crippen molar-refractivity contribution < 1.29 is 19.4 Å². The molecule has 0 spiro atoms. The first-order valence-electron chi connectivity index (χ1n) is 8.76. The standard InChI is InChI=1S/C21H25IO4/c1-3-25-20(26-4-2)21(22,19(24)17-13-9-6-10-14-17)15-18(23)16-11-7-5-8-12-16/h5-14,19-20,24H,3-4,15H2,1-2H3. The molecule has 140 valence electrons. The third kappa shape index (κ3) is 5.13. The summed E-state index contributed by atoms with van der Waals surface area (Å²) in [6, 6.07) is 18.4. The number of ether oxygens (including phenoxy) is 2. The van der Waals surface area contributed by atoms with Gasteiger partial charge in [0, 0.05) is 25.2 Å². The summed E-state index contributed by atoms with van der Waals surface area (Å²) in [5, 5.41) is 11.1. The second-order valence-electron chi connectivity index (χ2n) is 5.95. The van der Waals surface area contributed by atoms with Crippen LogP contribution in [0.2, 0.25) is 0 Å². The maximum atomic E-state index is 12.9. The van der Waals surface area contributed by atoms with Gasteiger partial charge < -0.3 is 14.6 Å². The van der Waals surface area contributed by atoms with E-state index >= 15 is 0 Å². The van der Waals surface area contributed by atoms with Crippen LogP contribution in [0.1, 0.15) is 42.3 Å². The highest BCUT2D eigenvalue weighted by molar-refractivity contribution is 14.1. The Hall–Kier alpha value is -1.28. The van der Waals surface area contributed by atoms with E-state index in [-0.39, 0.29) is 12.2 Å². The lowest BCUT2D eigenvalue weighted by Crippen LogP contribution is -2.47. The summed E-state index contributed by atoms with van der Waals surface area (Å²) in [4.78, 5) is 12.9. The van der Waals surface area contributed by atoms with Crippen molar-refractivity contribution in [1.82, 2.24) is 0 Å². The van der Waals surface area contributed by atoms with Gasteiger partial charge in [-0.1, -0.05) is 83.3 Å². The van der Waals surface area contributed by atoms with Crippen LogP contribution >= 0.6 is 22.6 Å². The summed E-state index contributed by atoms with van der Waals surface area (Å²) < 4.78 is 10.6. The molecule has 2 aromatic carbocycles. The molecule has 0 saturated heterocycles. The van der Waals surface area contributed by atoms with Crippen LogP contribution in [-0.2, 0) is 9.47 Å². The van der Waals surface area contributed by atoms with Crippen LogP contribution in [0.3, 0.4) is 0 Å². The molecule has 0 aromatic heterocycles. The van der Waals surface area contributed by atoms with Crippen LogP contribution in [0.25, 0.3) is 0 Å². The third-order valence-electron chi connectivity index (χ3n) is 4.13. The molecular weight excluding hydrogens is 443 g/mol. The van der Waals surface area contributed by atoms with E-state index in [2.05, 4.69) is 22.6 Å². The fourth-order valence-corrected chi connectivity index (χ4v) is 3.89. The zero-order chi connectivity index (χ0) is 19.0. The van der Waals surface area contributed by atoms with Crippen molar-refractivity contribution >= 4 is 28.4 Å². The van der Waals surface area contributed by atoms with E-state index in [9.17, 15) is 9.90 Å². The van der Waals surface area contributed by atoms with Gasteiger partial charge in [-0.3, -0.25) is 4.79 Å². The van der Waals surface area contributed by atoms with Crippen molar-refractivity contribution in [2.75, 3.05) is 13.2 Å². The Morgan fingerprint density at radius 1 is 1.00 bits per heavy atom. The highest BCUT2D eigenvalue weighted by atomic mass is 127. The van der Waals surface area contributed by atoms with E-state index in [4.69, 9.17) is 9.47 Å². The number of rotatable bonds is 10. The topological polar surface area (TPSA) is 55.8 Å². The van der Waals surface area contributed by atoms with Gasteiger partial charge in [0.05, 0.1) is 6.10 Å². The van der Waals surface area contributed by atoms with Gasteiger partial charge in [-0.05, 0) is 19.4 Å². The number of halogens is 1. The van der Waals surface area contributed by atoms with Crippen LogP contribution in [0, 0.1) is 0 Å². The number of ketones is 1. The molecule has 4 nitrogen and oxygen atoms in total. The van der Waals surface area contributed by atoms with Crippen molar-refractivity contribution in [3.8, 4) is 0 Å². The second kappa shape index (κ2) is 10.2. The Bertz CT molecular complexity index is 671. The Morgan fingerprint density at radius 2 is 1.50 bits per heavy atom. The Labute approximate surface area is 168 Å². The molecule has 0 aliphatic heterocycles. The number of carbonyl (C=O) groups excluding carboxylic acids is 1. The number of carbonyl (C=O) groups is 1. The van der Waals surface area contributed by atoms with E-state index in [0.29, 0.717) is 18.8 Å². The molecule has 0 saturated carbocycles. The Balaban J connectivity index is 2.38. The van der Waals surface area contributed by atoms with Crippen molar-refractivity contribution in [1.29, 1.82) is 0 Å². The predicted molar refractivity (Wildman–Crippen MR) is 111 cm³/mol. The number of aliphatic hydroxyl groups is 1. The number of Topliss-reactive ketones (excluding diaryl/α,β-unsaturated/α-hetero) is 1. The third-order valence-corrected chi connectivity index (χ3v) is 5.60. The number of hydrogen-bond donors (Lipinski definition) is 1. The molecule has 0 aliphatic carbocycles. The zero-order valence-corrected chi connectivity index (χ0v) is 17.3. The molecule has 2 unspecified atom stereocenters. The van der Waals surface area contributed by atoms with Gasteiger partial charge in [0.1, 0.15) is 3.42 Å². The van der Waals surface area contributed by atoms with Gasteiger partial charge in [-0.25, -0.2) is 0 Å². The van der Waals surface area contributed by atoms with E-state index < -0.39 is 15.8 Å². The number of hydrogen-bond acceptors (Lipinski definition) is 4. The molecule has 2 rings (SSSR count). The maximum absolute atomic E-state index is 12.9. The summed E-state index contributed by atoms with van der Waals surface area (Å²) in [5.74, 6) is -0.0561. The van der Waals surface area contributed by atoms with Crippen LogP contribution < -0.4 is 0 Å². The van der Waals surface area contributed by atoms with E-state index in [0.717, 1.165) is 5.56 Å². The number of benzene rings is 2. The minimum absolute atomic E-state index is 0.0561. The molecule has 0 bridgehead atoms. The summed E-state index contributed by atoms with van der Waals surface area (Å²) in [5.41, 5.74) is 1.34. The predicted octanol–water partition coefficient (Wildman–Crippen LogP) is 4.57. The first-order valence-corrected chi connectivity index (χ1v) is 9.84. The highest BCUT2D eigenvalue weighted by Gasteiger charge is 2.47. The van der Waals surface area contributed by atoms with E-state index in [1.165, 1.54) is 0 Å².